The van der Waals surface area contributed by atoms with E-state index in [1.165, 1.54) is 0 Å². The Bertz CT molecular complexity index is 640. The van der Waals surface area contributed by atoms with Crippen molar-refractivity contribution in [1.82, 2.24) is 20.5 Å². The van der Waals surface area contributed by atoms with Gasteiger partial charge in [0.2, 0.25) is 0 Å². The van der Waals surface area contributed by atoms with Gasteiger partial charge in [0.15, 0.2) is 5.82 Å². The summed E-state index contributed by atoms with van der Waals surface area (Å²) in [6.07, 6.45) is 0. The van der Waals surface area contributed by atoms with Crippen LogP contribution in [0.15, 0.2) is 24.3 Å². The summed E-state index contributed by atoms with van der Waals surface area (Å²) >= 11 is 0. The number of carbonyl (C=O) groups excluding carboxylic acids is 1. The molecule has 1 unspecified atom stereocenters. The largest absolute Gasteiger partial charge is 0.349 e. The van der Waals surface area contributed by atoms with Crippen LogP contribution >= 0.6 is 0 Å². The van der Waals surface area contributed by atoms with Crippen molar-refractivity contribution in [2.75, 3.05) is 0 Å². The smallest absolute Gasteiger partial charge is 0.251 e. The minimum absolute atomic E-state index is 0.0220. The maximum absolute atomic E-state index is 12.3. The first kappa shape index (κ1) is 15.2. The summed E-state index contributed by atoms with van der Waals surface area (Å²) in [7, 11) is 0. The minimum Gasteiger partial charge on any atom is -0.349 e. The Morgan fingerprint density at radius 2 is 2.05 bits per heavy atom. The first-order valence-electron chi connectivity index (χ1n) is 7.07. The Morgan fingerprint density at radius 3 is 2.62 bits per heavy atom. The predicted octanol–water partition coefficient (Wildman–Crippen LogP) is 2.94. The lowest BCUT2D eigenvalue weighted by molar-refractivity contribution is 0.0910. The van der Waals surface area contributed by atoms with Crippen LogP contribution in [-0.2, 0) is 0 Å². The Morgan fingerprint density at radius 1 is 1.33 bits per heavy atom. The minimum atomic E-state index is -0.0773. The molecule has 0 saturated carbocycles. The fourth-order valence-corrected chi connectivity index (χ4v) is 1.77. The molecule has 0 radical (unpaired) electrons. The molecular weight excluding hydrogens is 264 g/mol. The lowest BCUT2D eigenvalue weighted by Gasteiger charge is -2.28. The second kappa shape index (κ2) is 5.68. The van der Waals surface area contributed by atoms with Gasteiger partial charge < -0.3 is 5.32 Å². The normalized spacial score (nSPS) is 13.0. The molecule has 1 atom stereocenters. The zero-order valence-corrected chi connectivity index (χ0v) is 13.2. The van der Waals surface area contributed by atoms with Gasteiger partial charge in [-0.15, -0.1) is 0 Å². The number of rotatable bonds is 3. The van der Waals surface area contributed by atoms with Crippen LogP contribution in [0.4, 0.5) is 0 Å². The van der Waals surface area contributed by atoms with E-state index in [0.29, 0.717) is 11.4 Å². The maximum Gasteiger partial charge on any atom is 0.251 e. The molecule has 0 fully saturated rings. The summed E-state index contributed by atoms with van der Waals surface area (Å²) in [6.45, 7) is 10.2. The van der Waals surface area contributed by atoms with Gasteiger partial charge in [-0.05, 0) is 31.4 Å². The molecule has 1 aromatic heterocycles. The molecule has 0 aliphatic rings. The van der Waals surface area contributed by atoms with E-state index in [2.05, 4.69) is 41.3 Å². The summed E-state index contributed by atoms with van der Waals surface area (Å²) in [5.41, 5.74) is 1.47. The zero-order valence-electron chi connectivity index (χ0n) is 13.2. The first-order valence-corrected chi connectivity index (χ1v) is 7.07. The summed E-state index contributed by atoms with van der Waals surface area (Å²) in [5, 5.41) is 9.96. The average Bonchev–Trinajstić information content (AvgIpc) is 2.84. The summed E-state index contributed by atoms with van der Waals surface area (Å²) in [5.74, 6) is 1.28. The van der Waals surface area contributed by atoms with E-state index < -0.39 is 0 Å². The Kier molecular flexibility index (Phi) is 4.11. The van der Waals surface area contributed by atoms with E-state index in [1.54, 1.807) is 6.07 Å². The molecule has 112 valence electrons. The highest BCUT2D eigenvalue weighted by molar-refractivity contribution is 5.95. The molecule has 1 amide bonds. The standard InChI is InChI=1S/C16H22N4O/c1-10(16(3,4)5)17-15(21)13-8-6-7-12(9-13)14-18-11(2)19-20-14/h6-10H,1-5H3,(H,17,21)(H,18,19,20). The van der Waals surface area contributed by atoms with E-state index in [-0.39, 0.29) is 17.4 Å². The van der Waals surface area contributed by atoms with Crippen molar-refractivity contribution in [2.24, 2.45) is 5.41 Å². The zero-order chi connectivity index (χ0) is 15.6. The highest BCUT2D eigenvalue weighted by Crippen LogP contribution is 2.20. The molecule has 0 saturated heterocycles. The van der Waals surface area contributed by atoms with Crippen LogP contribution in [0.2, 0.25) is 0 Å². The Labute approximate surface area is 125 Å². The van der Waals surface area contributed by atoms with Crippen LogP contribution in [0.3, 0.4) is 0 Å². The molecule has 2 rings (SSSR count). The monoisotopic (exact) mass is 286 g/mol. The van der Waals surface area contributed by atoms with E-state index >= 15 is 0 Å². The van der Waals surface area contributed by atoms with E-state index in [1.807, 2.05) is 32.0 Å². The molecule has 1 aromatic carbocycles. The third-order valence-corrected chi connectivity index (χ3v) is 3.63. The number of hydrogen-bond acceptors (Lipinski definition) is 3. The molecule has 1 heterocycles. The second-order valence-corrected chi connectivity index (χ2v) is 6.39. The predicted molar refractivity (Wildman–Crippen MR) is 82.9 cm³/mol. The van der Waals surface area contributed by atoms with Gasteiger partial charge in [-0.25, -0.2) is 4.98 Å². The number of hydrogen-bond donors (Lipinski definition) is 2. The number of benzene rings is 1. The van der Waals surface area contributed by atoms with Crippen molar-refractivity contribution >= 4 is 5.91 Å². The number of nitrogens with one attached hydrogen (secondary N) is 2. The van der Waals surface area contributed by atoms with Gasteiger partial charge in [-0.2, -0.15) is 5.10 Å². The van der Waals surface area contributed by atoms with Crippen molar-refractivity contribution in [3.63, 3.8) is 0 Å². The van der Waals surface area contributed by atoms with E-state index in [4.69, 9.17) is 0 Å². The molecule has 2 aromatic rings. The molecule has 21 heavy (non-hydrogen) atoms. The van der Waals surface area contributed by atoms with Crippen LogP contribution < -0.4 is 5.32 Å². The van der Waals surface area contributed by atoms with Crippen LogP contribution in [0, 0.1) is 12.3 Å². The van der Waals surface area contributed by atoms with E-state index in [9.17, 15) is 4.79 Å². The lowest BCUT2D eigenvalue weighted by atomic mass is 9.88. The summed E-state index contributed by atoms with van der Waals surface area (Å²) in [6, 6.07) is 7.44. The first-order chi connectivity index (χ1) is 9.77. The molecule has 5 heteroatoms. The van der Waals surface area contributed by atoms with Crippen LogP contribution in [0.25, 0.3) is 11.4 Å². The number of aryl methyl sites for hydroxylation is 1. The van der Waals surface area contributed by atoms with Crippen molar-refractivity contribution < 1.29 is 4.79 Å². The third kappa shape index (κ3) is 3.68. The van der Waals surface area contributed by atoms with Crippen molar-refractivity contribution in [3.8, 4) is 11.4 Å². The second-order valence-electron chi connectivity index (χ2n) is 6.39. The SMILES string of the molecule is Cc1nc(-c2cccc(C(=O)NC(C)C(C)(C)C)c2)n[nH]1. The molecule has 0 spiro atoms. The van der Waals surface area contributed by atoms with Gasteiger partial charge in [0.1, 0.15) is 5.82 Å². The number of carbonyl (C=O) groups is 1. The molecule has 0 bridgehead atoms. The van der Waals surface area contributed by atoms with E-state index in [0.717, 1.165) is 11.4 Å². The molecule has 2 N–H and O–H groups in total. The van der Waals surface area contributed by atoms with Gasteiger partial charge in [-0.3, -0.25) is 9.89 Å². The highest BCUT2D eigenvalue weighted by atomic mass is 16.1. The van der Waals surface area contributed by atoms with Gasteiger partial charge in [-0.1, -0.05) is 32.9 Å². The fraction of sp³-hybridized carbons (Fsp3) is 0.438. The Balaban J connectivity index is 2.19. The number of nitrogens with zero attached hydrogens (tertiary/aromatic N) is 2. The van der Waals surface area contributed by atoms with Crippen molar-refractivity contribution in [3.05, 3.63) is 35.7 Å². The third-order valence-electron chi connectivity index (χ3n) is 3.63. The maximum atomic E-state index is 12.3. The molecule has 5 nitrogen and oxygen atoms in total. The average molecular weight is 286 g/mol. The van der Waals surface area contributed by atoms with Crippen LogP contribution in [0.5, 0.6) is 0 Å². The Hall–Kier alpha value is -2.17. The van der Waals surface area contributed by atoms with Gasteiger partial charge >= 0.3 is 0 Å². The molecule has 0 aliphatic heterocycles. The quantitative estimate of drug-likeness (QED) is 0.911. The van der Waals surface area contributed by atoms with Crippen LogP contribution in [0.1, 0.15) is 43.9 Å². The number of H-pyrrole nitrogens is 1. The van der Waals surface area contributed by atoms with Crippen molar-refractivity contribution in [2.45, 2.75) is 40.7 Å². The number of amides is 1. The fourth-order valence-electron chi connectivity index (χ4n) is 1.77. The topological polar surface area (TPSA) is 70.7 Å². The van der Waals surface area contributed by atoms with Crippen LogP contribution in [-0.4, -0.2) is 27.1 Å². The summed E-state index contributed by atoms with van der Waals surface area (Å²) < 4.78 is 0. The number of aromatic nitrogens is 3. The van der Waals surface area contributed by atoms with Gasteiger partial charge in [0.25, 0.3) is 5.91 Å². The van der Waals surface area contributed by atoms with Gasteiger partial charge in [0, 0.05) is 17.2 Å². The lowest BCUT2D eigenvalue weighted by Crippen LogP contribution is -2.41. The van der Waals surface area contributed by atoms with Gasteiger partial charge in [0.05, 0.1) is 0 Å². The molecular formula is C16H22N4O. The van der Waals surface area contributed by atoms with Crippen molar-refractivity contribution in [1.29, 1.82) is 0 Å². The highest BCUT2D eigenvalue weighted by Gasteiger charge is 2.22. The molecule has 0 aliphatic carbocycles. The number of aromatic amines is 1. The summed E-state index contributed by atoms with van der Waals surface area (Å²) in [4.78, 5) is 16.6.